The second-order valence-electron chi connectivity index (χ2n) is 2.38. The Labute approximate surface area is 68.2 Å². The van der Waals surface area contributed by atoms with Crippen LogP contribution in [0.3, 0.4) is 0 Å². The van der Waals surface area contributed by atoms with Crippen LogP contribution in [0.15, 0.2) is 28.7 Å². The number of carbonyl (C=O) groups is 1. The minimum Gasteiger partial charge on any atom is -0.475 e. The predicted octanol–water partition coefficient (Wildman–Crippen LogP) is 1.93. The molecule has 0 bridgehead atoms. The van der Waals surface area contributed by atoms with Gasteiger partial charge in [0.2, 0.25) is 5.76 Å². The number of hydrogen-bond donors (Lipinski definition) is 1. The van der Waals surface area contributed by atoms with Crippen molar-refractivity contribution in [2.24, 2.45) is 0 Å². The molecule has 2 rings (SSSR count). The van der Waals surface area contributed by atoms with Crippen molar-refractivity contribution in [3.63, 3.8) is 0 Å². The number of carboxylic acids is 1. The average molecular weight is 161 g/mol. The summed E-state index contributed by atoms with van der Waals surface area (Å²) in [6.45, 7) is 0. The molecule has 0 aliphatic heterocycles. The second kappa shape index (κ2) is 2.37. The molecule has 0 saturated carbocycles. The van der Waals surface area contributed by atoms with Gasteiger partial charge in [-0.1, -0.05) is 12.1 Å². The van der Waals surface area contributed by atoms with Gasteiger partial charge in [-0.3, -0.25) is 0 Å². The van der Waals surface area contributed by atoms with Gasteiger partial charge in [0, 0.05) is 5.39 Å². The van der Waals surface area contributed by atoms with E-state index >= 15 is 0 Å². The Balaban J connectivity index is 2.70. The summed E-state index contributed by atoms with van der Waals surface area (Å²) in [6, 6.07) is 9.37. The molecule has 2 aromatic rings. The number of aromatic carboxylic acids is 1. The van der Waals surface area contributed by atoms with Crippen LogP contribution in [0.2, 0.25) is 0 Å². The highest BCUT2D eigenvalue weighted by atomic mass is 16.4. The molecule has 3 heteroatoms. The number of carboxylic acid groups (broad SMARTS) is 1. The molecule has 1 N–H and O–H groups in total. The first-order chi connectivity index (χ1) is 5.77. The van der Waals surface area contributed by atoms with Crippen molar-refractivity contribution in [2.75, 3.05) is 0 Å². The summed E-state index contributed by atoms with van der Waals surface area (Å²) in [5.74, 6) is -1.09. The Kier molecular flexibility index (Phi) is 1.37. The van der Waals surface area contributed by atoms with E-state index < -0.39 is 5.97 Å². The Morgan fingerprint density at radius 3 is 3.08 bits per heavy atom. The maximum Gasteiger partial charge on any atom is 0.371 e. The summed E-state index contributed by atoms with van der Waals surface area (Å²) in [7, 11) is 0. The summed E-state index contributed by atoms with van der Waals surface area (Å²) < 4.78 is 5.00. The van der Waals surface area contributed by atoms with E-state index in [1.807, 2.05) is 0 Å². The highest BCUT2D eigenvalue weighted by molar-refractivity contribution is 5.91. The van der Waals surface area contributed by atoms with Crippen LogP contribution in [-0.4, -0.2) is 11.1 Å². The van der Waals surface area contributed by atoms with E-state index in [9.17, 15) is 4.79 Å². The fourth-order valence-electron chi connectivity index (χ4n) is 1.03. The number of hydrogen-bond acceptors (Lipinski definition) is 2. The van der Waals surface area contributed by atoms with Crippen molar-refractivity contribution in [3.05, 3.63) is 36.1 Å². The molecule has 0 aliphatic carbocycles. The highest BCUT2D eigenvalue weighted by Crippen LogP contribution is 2.17. The number of furan rings is 1. The fourth-order valence-corrected chi connectivity index (χ4v) is 1.03. The zero-order chi connectivity index (χ0) is 8.55. The maximum absolute atomic E-state index is 10.5. The zero-order valence-electron chi connectivity index (χ0n) is 6.07. The standard InChI is InChI=1S/C9H5O3/c10-9(11)8-5-6-3-1-2-4-7(6)12-8/h1,3-5H,(H,10,11). The Morgan fingerprint density at radius 2 is 2.42 bits per heavy atom. The molecule has 59 valence electrons. The minimum absolute atomic E-state index is 0.0374. The molecule has 1 heterocycles. The van der Waals surface area contributed by atoms with Gasteiger partial charge in [-0.25, -0.2) is 4.79 Å². The van der Waals surface area contributed by atoms with Crippen LogP contribution in [0.1, 0.15) is 10.6 Å². The smallest absolute Gasteiger partial charge is 0.371 e. The van der Waals surface area contributed by atoms with Gasteiger partial charge in [-0.15, -0.1) is 0 Å². The van der Waals surface area contributed by atoms with Crippen molar-refractivity contribution in [2.45, 2.75) is 0 Å². The Hall–Kier alpha value is -1.77. The molecule has 0 amide bonds. The zero-order valence-corrected chi connectivity index (χ0v) is 6.07. The second-order valence-corrected chi connectivity index (χ2v) is 2.38. The van der Waals surface area contributed by atoms with Gasteiger partial charge in [0.05, 0.1) is 0 Å². The largest absolute Gasteiger partial charge is 0.475 e. The number of benzene rings is 1. The lowest BCUT2D eigenvalue weighted by atomic mass is 10.2. The monoisotopic (exact) mass is 161 g/mol. The van der Waals surface area contributed by atoms with E-state index in [0.29, 0.717) is 5.58 Å². The highest BCUT2D eigenvalue weighted by Gasteiger charge is 2.08. The summed E-state index contributed by atoms with van der Waals surface area (Å²) in [6.07, 6.45) is 0. The van der Waals surface area contributed by atoms with E-state index in [0.717, 1.165) is 5.39 Å². The lowest BCUT2D eigenvalue weighted by molar-refractivity contribution is 0.0665. The molecule has 1 aromatic carbocycles. The molecule has 0 unspecified atom stereocenters. The maximum atomic E-state index is 10.5. The molecule has 3 nitrogen and oxygen atoms in total. The molecule has 1 aromatic heterocycles. The van der Waals surface area contributed by atoms with Crippen LogP contribution >= 0.6 is 0 Å². The molecule has 12 heavy (non-hydrogen) atoms. The molecule has 0 atom stereocenters. The molecule has 0 spiro atoms. The van der Waals surface area contributed by atoms with Crippen molar-refractivity contribution in [1.29, 1.82) is 0 Å². The van der Waals surface area contributed by atoms with Crippen LogP contribution in [0.25, 0.3) is 11.0 Å². The summed E-state index contributed by atoms with van der Waals surface area (Å²) in [5, 5.41) is 9.37. The van der Waals surface area contributed by atoms with Crippen molar-refractivity contribution < 1.29 is 14.3 Å². The van der Waals surface area contributed by atoms with Crippen LogP contribution in [0.5, 0.6) is 0 Å². The number of rotatable bonds is 1. The lowest BCUT2D eigenvalue weighted by Gasteiger charge is -1.82. The van der Waals surface area contributed by atoms with Gasteiger partial charge in [0.25, 0.3) is 0 Å². The van der Waals surface area contributed by atoms with E-state index in [1.54, 1.807) is 18.2 Å². The van der Waals surface area contributed by atoms with Gasteiger partial charge < -0.3 is 9.52 Å². The first-order valence-electron chi connectivity index (χ1n) is 3.40. The van der Waals surface area contributed by atoms with Crippen LogP contribution in [0.4, 0.5) is 0 Å². The summed E-state index contributed by atoms with van der Waals surface area (Å²) in [4.78, 5) is 10.5. The molecule has 1 radical (unpaired) electrons. The number of fused-ring (bicyclic) bond motifs is 1. The normalized spacial score (nSPS) is 10.3. The molecular formula is C9H5O3. The van der Waals surface area contributed by atoms with Gasteiger partial charge in [-0.05, 0) is 18.2 Å². The van der Waals surface area contributed by atoms with Crippen molar-refractivity contribution >= 4 is 16.9 Å². The Morgan fingerprint density at radius 1 is 1.58 bits per heavy atom. The molecule has 0 aliphatic rings. The first kappa shape index (κ1) is 6.91. The van der Waals surface area contributed by atoms with Gasteiger partial charge in [0.15, 0.2) is 0 Å². The van der Waals surface area contributed by atoms with Crippen LogP contribution < -0.4 is 0 Å². The third kappa shape index (κ3) is 0.955. The first-order valence-corrected chi connectivity index (χ1v) is 3.40. The summed E-state index contributed by atoms with van der Waals surface area (Å²) >= 11 is 0. The van der Waals surface area contributed by atoms with E-state index in [2.05, 4.69) is 6.07 Å². The third-order valence-electron chi connectivity index (χ3n) is 1.58. The average Bonchev–Trinajstić information content (AvgIpc) is 2.46. The predicted molar refractivity (Wildman–Crippen MR) is 42.0 cm³/mol. The molecular weight excluding hydrogens is 156 g/mol. The van der Waals surface area contributed by atoms with Gasteiger partial charge in [-0.2, -0.15) is 0 Å². The van der Waals surface area contributed by atoms with Crippen molar-refractivity contribution in [1.82, 2.24) is 0 Å². The van der Waals surface area contributed by atoms with Gasteiger partial charge in [0.1, 0.15) is 5.58 Å². The quantitative estimate of drug-likeness (QED) is 0.695. The lowest BCUT2D eigenvalue weighted by Crippen LogP contribution is -1.91. The van der Waals surface area contributed by atoms with E-state index in [1.165, 1.54) is 6.07 Å². The summed E-state index contributed by atoms with van der Waals surface area (Å²) in [5.41, 5.74) is 0.551. The van der Waals surface area contributed by atoms with Crippen LogP contribution in [-0.2, 0) is 0 Å². The van der Waals surface area contributed by atoms with Crippen molar-refractivity contribution in [3.8, 4) is 0 Å². The van der Waals surface area contributed by atoms with Gasteiger partial charge >= 0.3 is 5.97 Å². The van der Waals surface area contributed by atoms with Crippen LogP contribution in [0, 0.1) is 6.07 Å². The fraction of sp³-hybridized carbons (Fsp3) is 0. The molecule has 0 fully saturated rings. The van der Waals surface area contributed by atoms with E-state index in [-0.39, 0.29) is 5.76 Å². The molecule has 0 saturated heterocycles. The minimum atomic E-state index is -1.05. The third-order valence-corrected chi connectivity index (χ3v) is 1.58. The van der Waals surface area contributed by atoms with E-state index in [4.69, 9.17) is 9.52 Å². The topological polar surface area (TPSA) is 50.4 Å². The Bertz CT molecular complexity index is 395. The SMILES string of the molecule is O=C(O)c1cc2cc[c]cc2o1.